The van der Waals surface area contributed by atoms with Crippen LogP contribution in [-0.4, -0.2) is 76.1 Å². The quantitative estimate of drug-likeness (QED) is 0.822. The molecule has 0 unspecified atom stereocenters. The van der Waals surface area contributed by atoms with Crippen LogP contribution in [0.5, 0.6) is 0 Å². The lowest BCUT2D eigenvalue weighted by Crippen LogP contribution is -2.43. The molecule has 140 valence electrons. The summed E-state index contributed by atoms with van der Waals surface area (Å²) in [7, 11) is 0. The normalized spacial score (nSPS) is 27.4. The Morgan fingerprint density at radius 3 is 2.76 bits per heavy atom. The first-order valence-corrected chi connectivity index (χ1v) is 9.55. The number of hydrogen-bond acceptors (Lipinski definition) is 6. The van der Waals surface area contributed by atoms with Crippen LogP contribution in [0.3, 0.4) is 0 Å². The number of aromatic nitrogens is 2. The van der Waals surface area contributed by atoms with Gasteiger partial charge in [-0.15, -0.1) is 0 Å². The Bertz CT molecular complexity index is 590. The molecule has 0 bridgehead atoms. The van der Waals surface area contributed by atoms with Gasteiger partial charge in [-0.1, -0.05) is 19.0 Å². The van der Waals surface area contributed by atoms with Gasteiger partial charge in [-0.2, -0.15) is 4.98 Å². The highest BCUT2D eigenvalue weighted by Gasteiger charge is 2.38. The van der Waals surface area contributed by atoms with E-state index in [0.29, 0.717) is 12.0 Å². The Kier molecular flexibility index (Phi) is 5.74. The largest absolute Gasteiger partial charge is 0.342 e. The van der Waals surface area contributed by atoms with Crippen LogP contribution in [0, 0.1) is 5.92 Å². The highest BCUT2D eigenvalue weighted by molar-refractivity contribution is 5.73. The predicted molar refractivity (Wildman–Crippen MR) is 95.1 cm³/mol. The van der Waals surface area contributed by atoms with Crippen molar-refractivity contribution in [3.05, 3.63) is 11.7 Å². The molecule has 3 rings (SSSR count). The molecule has 1 aromatic heterocycles. The van der Waals surface area contributed by atoms with Crippen molar-refractivity contribution in [3.63, 3.8) is 0 Å². The van der Waals surface area contributed by atoms with E-state index < -0.39 is 0 Å². The number of rotatable bonds is 4. The second-order valence-electron chi connectivity index (χ2n) is 7.47. The molecule has 7 heteroatoms. The molecule has 2 aliphatic rings. The van der Waals surface area contributed by atoms with Crippen molar-refractivity contribution < 1.29 is 9.32 Å². The third-order valence-electron chi connectivity index (χ3n) is 5.75. The van der Waals surface area contributed by atoms with E-state index in [9.17, 15) is 4.79 Å². The van der Waals surface area contributed by atoms with E-state index in [1.165, 1.54) is 0 Å². The summed E-state index contributed by atoms with van der Waals surface area (Å²) < 4.78 is 5.45. The van der Waals surface area contributed by atoms with Gasteiger partial charge in [-0.05, 0) is 19.3 Å². The second-order valence-corrected chi connectivity index (χ2v) is 7.47. The molecule has 0 aromatic carbocycles. The molecule has 7 nitrogen and oxygen atoms in total. The van der Waals surface area contributed by atoms with Gasteiger partial charge in [0.15, 0.2) is 5.82 Å². The van der Waals surface area contributed by atoms with Crippen LogP contribution < -0.4 is 0 Å². The number of aryl methyl sites for hydroxylation is 1. The van der Waals surface area contributed by atoms with Crippen molar-refractivity contribution in [3.8, 4) is 0 Å². The van der Waals surface area contributed by atoms with Crippen LogP contribution in [0.2, 0.25) is 0 Å². The van der Waals surface area contributed by atoms with Crippen LogP contribution in [0.15, 0.2) is 4.52 Å². The van der Waals surface area contributed by atoms with Gasteiger partial charge in [0.05, 0.1) is 6.04 Å². The van der Waals surface area contributed by atoms with E-state index in [2.05, 4.69) is 33.8 Å². The van der Waals surface area contributed by atoms with Crippen molar-refractivity contribution in [2.75, 3.05) is 39.3 Å². The Morgan fingerprint density at radius 1 is 1.28 bits per heavy atom. The molecule has 2 saturated heterocycles. The molecular formula is C18H31N5O2. The third kappa shape index (κ3) is 4.03. The van der Waals surface area contributed by atoms with E-state index in [0.717, 1.165) is 63.8 Å². The fraction of sp³-hybridized carbons (Fsp3) is 0.833. The number of hydrogen-bond donors (Lipinski definition) is 0. The molecule has 0 N–H and O–H groups in total. The van der Waals surface area contributed by atoms with Crippen LogP contribution in [0.4, 0.5) is 0 Å². The third-order valence-corrected chi connectivity index (χ3v) is 5.75. The van der Waals surface area contributed by atoms with Gasteiger partial charge >= 0.3 is 0 Å². The first kappa shape index (κ1) is 18.3. The van der Waals surface area contributed by atoms with Crippen LogP contribution in [-0.2, 0) is 11.2 Å². The number of likely N-dealkylation sites (tertiary alicyclic amines) is 1. The standard InChI is InChI=1S/C18H31N5O2/c1-5-17-19-18(25-20-17)14(3)23-11-13(2)16(12-23)22-8-6-7-21(9-10-22)15(4)24/h13-14,16H,5-12H2,1-4H3/t13-,14+,16+/m1/s1. The predicted octanol–water partition coefficient (Wildman–Crippen LogP) is 1.57. The summed E-state index contributed by atoms with van der Waals surface area (Å²) in [6.45, 7) is 14.0. The first-order valence-electron chi connectivity index (χ1n) is 9.55. The Hall–Kier alpha value is -1.47. The van der Waals surface area contributed by atoms with E-state index in [-0.39, 0.29) is 11.9 Å². The van der Waals surface area contributed by atoms with Crippen molar-refractivity contribution in [2.45, 2.75) is 52.6 Å². The molecule has 25 heavy (non-hydrogen) atoms. The molecule has 2 aliphatic heterocycles. The smallest absolute Gasteiger partial charge is 0.243 e. The number of nitrogens with zero attached hydrogens (tertiary/aromatic N) is 5. The van der Waals surface area contributed by atoms with Crippen molar-refractivity contribution in [2.24, 2.45) is 5.92 Å². The summed E-state index contributed by atoms with van der Waals surface area (Å²) in [5.41, 5.74) is 0. The van der Waals surface area contributed by atoms with Crippen molar-refractivity contribution >= 4 is 5.91 Å². The minimum absolute atomic E-state index is 0.154. The maximum atomic E-state index is 11.6. The van der Waals surface area contributed by atoms with Gasteiger partial charge in [0, 0.05) is 58.7 Å². The lowest BCUT2D eigenvalue weighted by molar-refractivity contribution is -0.128. The van der Waals surface area contributed by atoms with E-state index in [1.807, 2.05) is 11.8 Å². The number of carbonyl (C=O) groups is 1. The maximum absolute atomic E-state index is 11.6. The molecule has 0 saturated carbocycles. The molecule has 1 amide bonds. The summed E-state index contributed by atoms with van der Waals surface area (Å²) in [5.74, 6) is 2.30. The van der Waals surface area contributed by atoms with Crippen molar-refractivity contribution in [1.29, 1.82) is 0 Å². The topological polar surface area (TPSA) is 65.7 Å². The molecule has 2 fully saturated rings. The Labute approximate surface area is 150 Å². The summed E-state index contributed by atoms with van der Waals surface area (Å²) in [5, 5.41) is 4.03. The van der Waals surface area contributed by atoms with Crippen LogP contribution in [0.1, 0.15) is 51.9 Å². The highest BCUT2D eigenvalue weighted by atomic mass is 16.5. The average molecular weight is 349 g/mol. The van der Waals surface area contributed by atoms with Gasteiger partial charge in [0.1, 0.15) is 0 Å². The average Bonchev–Trinajstić information content (AvgIpc) is 3.14. The monoisotopic (exact) mass is 349 g/mol. The summed E-state index contributed by atoms with van der Waals surface area (Å²) in [6.07, 6.45) is 1.86. The Morgan fingerprint density at radius 2 is 2.08 bits per heavy atom. The van der Waals surface area contributed by atoms with Crippen molar-refractivity contribution in [1.82, 2.24) is 24.8 Å². The molecule has 0 spiro atoms. The van der Waals surface area contributed by atoms with Gasteiger partial charge in [0.2, 0.25) is 11.8 Å². The summed E-state index contributed by atoms with van der Waals surface area (Å²) in [4.78, 5) is 23.2. The van der Waals surface area contributed by atoms with E-state index in [1.54, 1.807) is 6.92 Å². The maximum Gasteiger partial charge on any atom is 0.243 e. The zero-order valence-electron chi connectivity index (χ0n) is 15.9. The fourth-order valence-corrected chi connectivity index (χ4v) is 4.10. The van der Waals surface area contributed by atoms with Crippen LogP contribution in [0.25, 0.3) is 0 Å². The molecule has 3 heterocycles. The number of amides is 1. The van der Waals surface area contributed by atoms with Gasteiger partial charge < -0.3 is 9.42 Å². The minimum atomic E-state index is 0.154. The van der Waals surface area contributed by atoms with Gasteiger partial charge in [-0.25, -0.2) is 0 Å². The number of carbonyl (C=O) groups excluding carboxylic acids is 1. The SMILES string of the molecule is CCc1noc([C@H](C)N2C[C@@H](C)[C@@H](N3CCCN(C(C)=O)CC3)C2)n1. The summed E-state index contributed by atoms with van der Waals surface area (Å²) in [6, 6.07) is 0.684. The Balaban J connectivity index is 1.61. The van der Waals surface area contributed by atoms with E-state index in [4.69, 9.17) is 4.52 Å². The lowest BCUT2D eigenvalue weighted by Gasteiger charge is -2.30. The highest BCUT2D eigenvalue weighted by Crippen LogP contribution is 2.29. The molecule has 1 aromatic rings. The fourth-order valence-electron chi connectivity index (χ4n) is 4.10. The second kappa shape index (κ2) is 7.83. The van der Waals surface area contributed by atoms with Crippen LogP contribution >= 0.6 is 0 Å². The minimum Gasteiger partial charge on any atom is -0.342 e. The van der Waals surface area contributed by atoms with Gasteiger partial charge in [-0.3, -0.25) is 14.6 Å². The molecule has 0 radical (unpaired) electrons. The lowest BCUT2D eigenvalue weighted by atomic mass is 10.0. The summed E-state index contributed by atoms with van der Waals surface area (Å²) >= 11 is 0. The molecule has 0 aliphatic carbocycles. The molecular weight excluding hydrogens is 318 g/mol. The zero-order valence-corrected chi connectivity index (χ0v) is 15.9. The van der Waals surface area contributed by atoms with Gasteiger partial charge in [0.25, 0.3) is 0 Å². The zero-order chi connectivity index (χ0) is 18.0. The first-order chi connectivity index (χ1) is 12.0. The molecule has 3 atom stereocenters. The van der Waals surface area contributed by atoms with E-state index >= 15 is 0 Å².